The maximum atomic E-state index is 12.9. The predicted molar refractivity (Wildman–Crippen MR) is 125 cm³/mol. The molecule has 0 amide bonds. The third-order valence-electron chi connectivity index (χ3n) is 4.95. The van der Waals surface area contributed by atoms with Crippen molar-refractivity contribution < 1.29 is 33.3 Å². The highest BCUT2D eigenvalue weighted by Gasteiger charge is 2.28. The average Bonchev–Trinajstić information content (AvgIpc) is 3.13. The van der Waals surface area contributed by atoms with Crippen LogP contribution >= 0.6 is 15.9 Å². The summed E-state index contributed by atoms with van der Waals surface area (Å²) >= 11 is 3.33. The highest BCUT2D eigenvalue weighted by Crippen LogP contribution is 2.39. The number of carbonyl (C=O) groups excluding carboxylic acids is 2. The van der Waals surface area contributed by atoms with Gasteiger partial charge < -0.3 is 23.7 Å². The molecule has 0 bridgehead atoms. The maximum absolute atomic E-state index is 12.9. The number of ketones is 1. The molecule has 0 saturated carbocycles. The second kappa shape index (κ2) is 9.38. The Morgan fingerprint density at radius 2 is 1.55 bits per heavy atom. The summed E-state index contributed by atoms with van der Waals surface area (Å²) < 4.78 is 28.1. The molecule has 33 heavy (non-hydrogen) atoms. The topological polar surface area (TPSA) is 80.3 Å². The minimum absolute atomic E-state index is 0.104. The van der Waals surface area contributed by atoms with Crippen LogP contribution in [0, 0.1) is 0 Å². The van der Waals surface area contributed by atoms with Gasteiger partial charge in [0.1, 0.15) is 17.2 Å². The Balaban J connectivity index is 1.59. The number of esters is 1. The molecule has 168 valence electrons. The second-order valence-corrected chi connectivity index (χ2v) is 7.86. The minimum atomic E-state index is -0.516. The predicted octanol–water partition coefficient (Wildman–Crippen LogP) is 5.31. The monoisotopic (exact) mass is 510 g/mol. The molecular formula is C25H19BrO7. The van der Waals surface area contributed by atoms with Gasteiger partial charge in [-0.3, -0.25) is 4.79 Å². The molecule has 0 aromatic heterocycles. The van der Waals surface area contributed by atoms with E-state index in [-0.39, 0.29) is 17.3 Å². The van der Waals surface area contributed by atoms with Crippen molar-refractivity contribution in [3.05, 3.63) is 81.5 Å². The van der Waals surface area contributed by atoms with Crippen molar-refractivity contribution in [2.75, 3.05) is 21.3 Å². The number of hydrogen-bond donors (Lipinski definition) is 0. The van der Waals surface area contributed by atoms with E-state index in [1.54, 1.807) is 54.6 Å². The molecule has 0 N–H and O–H groups in total. The molecule has 3 aromatic carbocycles. The van der Waals surface area contributed by atoms with Crippen LogP contribution in [0.3, 0.4) is 0 Å². The van der Waals surface area contributed by atoms with Crippen LogP contribution in [0.1, 0.15) is 26.3 Å². The van der Waals surface area contributed by atoms with Gasteiger partial charge in [0.25, 0.3) is 0 Å². The van der Waals surface area contributed by atoms with Crippen LogP contribution in [0.5, 0.6) is 28.7 Å². The van der Waals surface area contributed by atoms with E-state index in [0.29, 0.717) is 39.7 Å². The van der Waals surface area contributed by atoms with Crippen molar-refractivity contribution in [3.8, 4) is 28.7 Å². The lowest BCUT2D eigenvalue weighted by Gasteiger charge is -2.12. The van der Waals surface area contributed by atoms with Crippen LogP contribution in [0.4, 0.5) is 0 Å². The number of methoxy groups -OCH3 is 3. The van der Waals surface area contributed by atoms with Crippen molar-refractivity contribution in [3.63, 3.8) is 0 Å². The molecular weight excluding hydrogens is 492 g/mol. The second-order valence-electron chi connectivity index (χ2n) is 6.94. The van der Waals surface area contributed by atoms with Gasteiger partial charge in [-0.1, -0.05) is 15.9 Å². The van der Waals surface area contributed by atoms with Crippen molar-refractivity contribution in [2.24, 2.45) is 0 Å². The Hall–Kier alpha value is -3.78. The van der Waals surface area contributed by atoms with Gasteiger partial charge in [-0.05, 0) is 48.5 Å². The van der Waals surface area contributed by atoms with Crippen LogP contribution in [-0.2, 0) is 0 Å². The molecule has 0 atom stereocenters. The summed E-state index contributed by atoms with van der Waals surface area (Å²) in [4.78, 5) is 25.2. The Bertz CT molecular complexity index is 1260. The van der Waals surface area contributed by atoms with Gasteiger partial charge in [-0.2, -0.15) is 0 Å². The highest BCUT2D eigenvalue weighted by molar-refractivity contribution is 9.10. The third-order valence-corrected chi connectivity index (χ3v) is 5.48. The Morgan fingerprint density at radius 3 is 2.21 bits per heavy atom. The molecule has 1 aliphatic rings. The summed E-state index contributed by atoms with van der Waals surface area (Å²) in [7, 11) is 4.56. The molecule has 0 fully saturated rings. The number of benzene rings is 3. The first kappa shape index (κ1) is 22.4. The zero-order valence-electron chi connectivity index (χ0n) is 18.0. The summed E-state index contributed by atoms with van der Waals surface area (Å²) in [5.74, 6) is 1.31. The van der Waals surface area contributed by atoms with Gasteiger partial charge in [0, 0.05) is 22.2 Å². The number of Topliss-reactive ketones (excluding diaryl/α,β-unsaturated/α-hetero) is 1. The van der Waals surface area contributed by atoms with E-state index in [4.69, 9.17) is 23.7 Å². The Labute approximate surface area is 198 Å². The van der Waals surface area contributed by atoms with Gasteiger partial charge in [0.05, 0.1) is 32.5 Å². The number of rotatable bonds is 6. The maximum Gasteiger partial charge on any atom is 0.343 e. The zero-order valence-corrected chi connectivity index (χ0v) is 19.6. The Morgan fingerprint density at radius 1 is 0.879 bits per heavy atom. The molecule has 0 radical (unpaired) electrons. The van der Waals surface area contributed by atoms with E-state index < -0.39 is 5.97 Å². The summed E-state index contributed by atoms with van der Waals surface area (Å²) in [5.41, 5.74) is 1.34. The largest absolute Gasteiger partial charge is 0.496 e. The molecule has 0 spiro atoms. The smallest absolute Gasteiger partial charge is 0.343 e. The lowest BCUT2D eigenvalue weighted by molar-refractivity contribution is 0.0734. The molecule has 0 saturated heterocycles. The lowest BCUT2D eigenvalue weighted by Crippen LogP contribution is -2.08. The van der Waals surface area contributed by atoms with Crippen LogP contribution in [0.25, 0.3) is 6.08 Å². The van der Waals surface area contributed by atoms with Crippen LogP contribution in [0.2, 0.25) is 0 Å². The summed E-state index contributed by atoms with van der Waals surface area (Å²) in [6.07, 6.45) is 1.57. The van der Waals surface area contributed by atoms with E-state index in [1.807, 2.05) is 0 Å². The van der Waals surface area contributed by atoms with Crippen molar-refractivity contribution in [1.82, 2.24) is 0 Å². The molecule has 1 aliphatic heterocycles. The molecule has 4 rings (SSSR count). The fourth-order valence-electron chi connectivity index (χ4n) is 3.29. The summed E-state index contributed by atoms with van der Waals surface area (Å²) in [6.45, 7) is 0. The summed E-state index contributed by atoms with van der Waals surface area (Å²) in [5, 5.41) is 0. The first-order chi connectivity index (χ1) is 15.9. The van der Waals surface area contributed by atoms with Gasteiger partial charge in [-0.15, -0.1) is 0 Å². The van der Waals surface area contributed by atoms with Gasteiger partial charge in [0.15, 0.2) is 17.3 Å². The zero-order chi connectivity index (χ0) is 23.5. The number of allylic oxidation sites excluding steroid dienone is 1. The third kappa shape index (κ3) is 4.56. The van der Waals surface area contributed by atoms with E-state index >= 15 is 0 Å². The van der Waals surface area contributed by atoms with Gasteiger partial charge in [0.2, 0.25) is 5.78 Å². The van der Waals surface area contributed by atoms with Crippen LogP contribution < -0.4 is 23.7 Å². The normalized spacial score (nSPS) is 13.3. The molecule has 8 heteroatoms. The molecule has 7 nitrogen and oxygen atoms in total. The van der Waals surface area contributed by atoms with Crippen LogP contribution in [-0.4, -0.2) is 33.1 Å². The average molecular weight is 511 g/mol. The number of hydrogen-bond acceptors (Lipinski definition) is 7. The molecule has 0 aliphatic carbocycles. The van der Waals surface area contributed by atoms with Gasteiger partial charge >= 0.3 is 5.97 Å². The van der Waals surface area contributed by atoms with E-state index in [2.05, 4.69) is 15.9 Å². The first-order valence-corrected chi connectivity index (χ1v) is 10.6. The number of ether oxygens (including phenoxy) is 5. The number of halogens is 1. The quantitative estimate of drug-likeness (QED) is 0.252. The first-order valence-electron chi connectivity index (χ1n) is 9.79. The molecule has 0 unspecified atom stereocenters. The molecule has 3 aromatic rings. The number of carbonyl (C=O) groups is 2. The standard InChI is InChI=1S/C25H19BrO7/c1-29-19-13-22(31-3)21(30-2)10-15(19)11-23-24(27)18-9-8-17(12-20(18)33-23)32-25(28)14-4-6-16(26)7-5-14/h4-13H,1-3H3. The van der Waals surface area contributed by atoms with Crippen LogP contribution in [0.15, 0.2) is 64.8 Å². The highest BCUT2D eigenvalue weighted by atomic mass is 79.9. The van der Waals surface area contributed by atoms with E-state index in [1.165, 1.54) is 27.4 Å². The fraction of sp³-hybridized carbons (Fsp3) is 0.120. The van der Waals surface area contributed by atoms with Crippen molar-refractivity contribution in [1.29, 1.82) is 0 Å². The summed E-state index contributed by atoms with van der Waals surface area (Å²) in [6, 6.07) is 14.8. The van der Waals surface area contributed by atoms with Crippen molar-refractivity contribution in [2.45, 2.75) is 0 Å². The van der Waals surface area contributed by atoms with Crippen molar-refractivity contribution >= 4 is 33.8 Å². The SMILES string of the molecule is COc1cc(OC)c(OC)cc1C=C1Oc2cc(OC(=O)c3ccc(Br)cc3)ccc2C1=O. The molecule has 1 heterocycles. The Kier molecular flexibility index (Phi) is 6.37. The fourth-order valence-corrected chi connectivity index (χ4v) is 3.55. The number of fused-ring (bicyclic) bond motifs is 1. The lowest BCUT2D eigenvalue weighted by atomic mass is 10.1. The van der Waals surface area contributed by atoms with E-state index in [9.17, 15) is 9.59 Å². The van der Waals surface area contributed by atoms with E-state index in [0.717, 1.165) is 4.47 Å². The minimum Gasteiger partial charge on any atom is -0.496 e. The van der Waals surface area contributed by atoms with Gasteiger partial charge in [-0.25, -0.2) is 4.79 Å².